The lowest BCUT2D eigenvalue weighted by Gasteiger charge is -2.29. The van der Waals surface area contributed by atoms with E-state index in [0.717, 1.165) is 11.0 Å². The van der Waals surface area contributed by atoms with E-state index in [4.69, 9.17) is 4.74 Å². The predicted octanol–water partition coefficient (Wildman–Crippen LogP) is 3.41. The van der Waals surface area contributed by atoms with Gasteiger partial charge in [-0.15, -0.1) is 0 Å². The Labute approximate surface area is 154 Å². The molecule has 1 aliphatic rings. The highest BCUT2D eigenvalue weighted by molar-refractivity contribution is 5.94. The fourth-order valence-electron chi connectivity index (χ4n) is 3.52. The van der Waals surface area contributed by atoms with Crippen LogP contribution in [0.25, 0.3) is 11.0 Å². The van der Waals surface area contributed by atoms with Crippen molar-refractivity contribution in [2.75, 3.05) is 12.4 Å². The number of rotatable bonds is 3. The molecule has 136 valence electrons. The number of allylic oxidation sites excluding steroid dienone is 1. The van der Waals surface area contributed by atoms with Crippen molar-refractivity contribution in [3.63, 3.8) is 0 Å². The number of nitrogens with zero attached hydrogens (tertiary/aromatic N) is 3. The summed E-state index contributed by atoms with van der Waals surface area (Å²) in [6.07, 6.45) is 0. The van der Waals surface area contributed by atoms with E-state index in [-0.39, 0.29) is 5.69 Å². The van der Waals surface area contributed by atoms with E-state index in [1.807, 2.05) is 24.3 Å². The minimum atomic E-state index is -0.734. The number of anilines is 1. The maximum absolute atomic E-state index is 12.6. The van der Waals surface area contributed by atoms with Crippen LogP contribution in [-0.4, -0.2) is 27.6 Å². The quantitative estimate of drug-likeness (QED) is 0.434. The van der Waals surface area contributed by atoms with Crippen molar-refractivity contribution >= 4 is 28.6 Å². The van der Waals surface area contributed by atoms with E-state index in [1.54, 1.807) is 29.7 Å². The Balaban J connectivity index is 2.07. The first-order valence-electron chi connectivity index (χ1n) is 8.29. The highest BCUT2D eigenvalue weighted by Crippen LogP contribution is 2.42. The van der Waals surface area contributed by atoms with E-state index in [2.05, 4.69) is 10.3 Å². The van der Waals surface area contributed by atoms with Crippen molar-refractivity contribution in [1.82, 2.24) is 9.55 Å². The number of hydrogen-bond donors (Lipinski definition) is 1. The maximum atomic E-state index is 12.6. The normalized spacial score (nSPS) is 16.0. The number of carbonyl (C=O) groups excluding carboxylic acids is 1. The van der Waals surface area contributed by atoms with Crippen LogP contribution < -0.4 is 5.32 Å². The van der Waals surface area contributed by atoms with Crippen LogP contribution in [0.4, 0.5) is 11.6 Å². The number of hydrogen-bond acceptors (Lipinski definition) is 6. The number of carbonyl (C=O) groups is 1. The number of nitro groups is 1. The summed E-state index contributed by atoms with van der Waals surface area (Å²) < 4.78 is 6.78. The first kappa shape index (κ1) is 16.8. The Hall–Kier alpha value is -3.68. The summed E-state index contributed by atoms with van der Waals surface area (Å²) in [5.41, 5.74) is 2.67. The fourth-order valence-corrected chi connectivity index (χ4v) is 3.52. The first-order chi connectivity index (χ1) is 13.0. The maximum Gasteiger partial charge on any atom is 0.337 e. The average molecular weight is 364 g/mol. The number of esters is 1. The van der Waals surface area contributed by atoms with Crippen LogP contribution >= 0.6 is 0 Å². The molecule has 8 nitrogen and oxygen atoms in total. The average Bonchev–Trinajstić information content (AvgIpc) is 3.04. The predicted molar refractivity (Wildman–Crippen MR) is 99.3 cm³/mol. The van der Waals surface area contributed by atoms with E-state index in [9.17, 15) is 14.9 Å². The van der Waals surface area contributed by atoms with E-state index in [0.29, 0.717) is 22.8 Å². The van der Waals surface area contributed by atoms with E-state index >= 15 is 0 Å². The molecule has 2 aromatic carbocycles. The number of para-hydroxylation sites is 3. The molecule has 0 spiro atoms. The zero-order valence-corrected chi connectivity index (χ0v) is 14.7. The number of imidazole rings is 1. The summed E-state index contributed by atoms with van der Waals surface area (Å²) in [4.78, 5) is 28.4. The van der Waals surface area contributed by atoms with Gasteiger partial charge in [-0.3, -0.25) is 14.7 Å². The highest BCUT2D eigenvalue weighted by Gasteiger charge is 2.37. The van der Waals surface area contributed by atoms with Crippen molar-refractivity contribution in [2.24, 2.45) is 0 Å². The Morgan fingerprint density at radius 1 is 1.22 bits per heavy atom. The van der Waals surface area contributed by atoms with Crippen molar-refractivity contribution in [3.8, 4) is 0 Å². The molecule has 0 aliphatic carbocycles. The Bertz CT molecular complexity index is 1120. The van der Waals surface area contributed by atoms with Gasteiger partial charge in [0.25, 0.3) is 5.69 Å². The third-order valence-electron chi connectivity index (χ3n) is 4.66. The lowest BCUT2D eigenvalue weighted by molar-refractivity contribution is -0.385. The summed E-state index contributed by atoms with van der Waals surface area (Å²) in [5, 5.41) is 14.8. The van der Waals surface area contributed by atoms with Gasteiger partial charge in [0.05, 0.1) is 34.2 Å². The van der Waals surface area contributed by atoms with Crippen LogP contribution in [0.15, 0.2) is 59.8 Å². The Morgan fingerprint density at radius 3 is 2.67 bits per heavy atom. The second-order valence-electron chi connectivity index (χ2n) is 6.17. The van der Waals surface area contributed by atoms with Crippen LogP contribution in [0.1, 0.15) is 18.5 Å². The molecule has 0 fully saturated rings. The lowest BCUT2D eigenvalue weighted by atomic mass is 9.94. The summed E-state index contributed by atoms with van der Waals surface area (Å²) in [6, 6.07) is 13.1. The number of ether oxygens (including phenoxy) is 1. The molecule has 27 heavy (non-hydrogen) atoms. The van der Waals surface area contributed by atoms with E-state index in [1.165, 1.54) is 13.2 Å². The highest BCUT2D eigenvalue weighted by atomic mass is 16.6. The molecule has 3 aromatic rings. The molecular formula is C19H16N4O4. The molecule has 0 unspecified atom stereocenters. The summed E-state index contributed by atoms with van der Waals surface area (Å²) in [5.74, 6) is -0.0314. The number of methoxy groups -OCH3 is 1. The van der Waals surface area contributed by atoms with Gasteiger partial charge in [-0.25, -0.2) is 9.78 Å². The summed E-state index contributed by atoms with van der Waals surface area (Å²) in [7, 11) is 1.29. The standard InChI is InChI=1S/C19H16N4O4/c1-11-16(18(24)27-2)17(12-7-3-5-9-14(12)23(25)26)22-15-10-6-4-8-13(15)21-19(22)20-11/h3-10,17H,1-2H3,(H,20,21)/t17-/m0/s1. The minimum absolute atomic E-state index is 0.0673. The van der Waals surface area contributed by atoms with Gasteiger partial charge in [0.15, 0.2) is 0 Å². The molecule has 8 heteroatoms. The monoisotopic (exact) mass is 364 g/mol. The fraction of sp³-hybridized carbons (Fsp3) is 0.158. The van der Waals surface area contributed by atoms with Gasteiger partial charge in [0.2, 0.25) is 5.95 Å². The van der Waals surface area contributed by atoms with Gasteiger partial charge in [-0.2, -0.15) is 0 Å². The number of fused-ring (bicyclic) bond motifs is 3. The second-order valence-corrected chi connectivity index (χ2v) is 6.17. The Kier molecular flexibility index (Phi) is 3.88. The molecule has 0 radical (unpaired) electrons. The zero-order valence-electron chi connectivity index (χ0n) is 14.7. The largest absolute Gasteiger partial charge is 0.466 e. The van der Waals surface area contributed by atoms with Crippen molar-refractivity contribution in [3.05, 3.63) is 75.5 Å². The van der Waals surface area contributed by atoms with E-state index < -0.39 is 16.9 Å². The van der Waals surface area contributed by atoms with Crippen molar-refractivity contribution in [1.29, 1.82) is 0 Å². The number of nitro benzene ring substituents is 1. The van der Waals surface area contributed by atoms with Gasteiger partial charge < -0.3 is 10.1 Å². The smallest absolute Gasteiger partial charge is 0.337 e. The third kappa shape index (κ3) is 2.53. The lowest BCUT2D eigenvalue weighted by Crippen LogP contribution is -2.29. The number of nitrogens with one attached hydrogen (secondary N) is 1. The van der Waals surface area contributed by atoms with Crippen molar-refractivity contribution < 1.29 is 14.5 Å². The third-order valence-corrected chi connectivity index (χ3v) is 4.66. The number of benzene rings is 2. The second kappa shape index (κ2) is 6.24. The van der Waals surface area contributed by atoms with Crippen LogP contribution in [0.2, 0.25) is 0 Å². The minimum Gasteiger partial charge on any atom is -0.466 e. The molecule has 1 aliphatic heterocycles. The van der Waals surface area contributed by atoms with Gasteiger partial charge >= 0.3 is 5.97 Å². The molecule has 1 atom stereocenters. The Morgan fingerprint density at radius 2 is 1.93 bits per heavy atom. The van der Waals surface area contributed by atoms with Crippen LogP contribution in [0, 0.1) is 10.1 Å². The molecule has 0 bridgehead atoms. The van der Waals surface area contributed by atoms with Crippen LogP contribution in [-0.2, 0) is 9.53 Å². The molecule has 1 N–H and O–H groups in total. The molecule has 0 saturated heterocycles. The van der Waals surface area contributed by atoms with Gasteiger partial charge in [0, 0.05) is 11.8 Å². The van der Waals surface area contributed by atoms with Gasteiger partial charge in [0.1, 0.15) is 6.04 Å². The first-order valence-corrected chi connectivity index (χ1v) is 8.29. The van der Waals surface area contributed by atoms with Crippen molar-refractivity contribution in [2.45, 2.75) is 13.0 Å². The zero-order chi connectivity index (χ0) is 19.1. The molecule has 0 amide bonds. The molecule has 1 aromatic heterocycles. The summed E-state index contributed by atoms with van der Waals surface area (Å²) >= 11 is 0. The molecule has 0 saturated carbocycles. The van der Waals surface area contributed by atoms with Gasteiger partial charge in [-0.05, 0) is 25.1 Å². The van der Waals surface area contributed by atoms with Crippen LogP contribution in [0.3, 0.4) is 0 Å². The summed E-state index contributed by atoms with van der Waals surface area (Å²) in [6.45, 7) is 1.73. The SMILES string of the molecule is COC(=O)C1=C(C)Nc2nc3ccccc3n2[C@H]1c1ccccc1[N+](=O)[O-]. The van der Waals surface area contributed by atoms with Gasteiger partial charge in [-0.1, -0.05) is 24.3 Å². The molecule has 2 heterocycles. The number of aromatic nitrogens is 2. The molecule has 4 rings (SSSR count). The topological polar surface area (TPSA) is 99.3 Å². The molecular weight excluding hydrogens is 348 g/mol. The van der Waals surface area contributed by atoms with Crippen LogP contribution in [0.5, 0.6) is 0 Å².